The van der Waals surface area contributed by atoms with Crippen LogP contribution in [-0.4, -0.2) is 11.2 Å². The second kappa shape index (κ2) is 2.53. The molecule has 0 spiro atoms. The molecule has 1 aliphatic carbocycles. The fourth-order valence-corrected chi connectivity index (χ4v) is 1.29. The van der Waals surface area contributed by atoms with E-state index >= 15 is 0 Å². The predicted octanol–water partition coefficient (Wildman–Crippen LogP) is 1.72. The molecule has 1 heteroatoms. The van der Waals surface area contributed by atoms with Crippen molar-refractivity contribution in [3.63, 3.8) is 0 Å². The highest BCUT2D eigenvalue weighted by atomic mass is 16.3. The molecule has 1 N–H and O–H groups in total. The zero-order chi connectivity index (χ0) is 6.85. The van der Waals surface area contributed by atoms with Gasteiger partial charge in [-0.15, -0.1) is 0 Å². The van der Waals surface area contributed by atoms with Crippen molar-refractivity contribution in [2.45, 2.75) is 32.3 Å². The van der Waals surface area contributed by atoms with Gasteiger partial charge in [-0.3, -0.25) is 0 Å². The Kier molecular flexibility index (Phi) is 1.91. The molecule has 1 rings (SSSR count). The molecule has 52 valence electrons. The van der Waals surface area contributed by atoms with Gasteiger partial charge in [0.25, 0.3) is 0 Å². The van der Waals surface area contributed by atoms with Crippen LogP contribution < -0.4 is 0 Å². The van der Waals surface area contributed by atoms with Crippen molar-refractivity contribution in [3.05, 3.63) is 12.2 Å². The van der Waals surface area contributed by atoms with Gasteiger partial charge in [-0.2, -0.15) is 0 Å². The first-order valence-corrected chi connectivity index (χ1v) is 3.57. The van der Waals surface area contributed by atoms with Crippen molar-refractivity contribution < 1.29 is 5.11 Å². The standard InChI is InChI=1S/C8H14O/c1-6-4-3-5-8(9)7(6)2/h7-9H,1,3-5H2,2H3/t7-,8-/m0/s1. The zero-order valence-electron chi connectivity index (χ0n) is 5.93. The van der Waals surface area contributed by atoms with E-state index in [0.29, 0.717) is 5.92 Å². The largest absolute Gasteiger partial charge is 0.393 e. The summed E-state index contributed by atoms with van der Waals surface area (Å²) in [6, 6.07) is 0. The summed E-state index contributed by atoms with van der Waals surface area (Å²) in [6.07, 6.45) is 3.06. The maximum atomic E-state index is 9.29. The number of aliphatic hydroxyl groups excluding tert-OH is 1. The van der Waals surface area contributed by atoms with Crippen molar-refractivity contribution in [2.24, 2.45) is 5.92 Å². The van der Waals surface area contributed by atoms with Gasteiger partial charge in [-0.05, 0) is 19.3 Å². The first kappa shape index (κ1) is 6.81. The van der Waals surface area contributed by atoms with Crippen LogP contribution in [0.15, 0.2) is 12.2 Å². The molecule has 0 aromatic heterocycles. The lowest BCUT2D eigenvalue weighted by Crippen LogP contribution is -2.23. The minimum Gasteiger partial charge on any atom is -0.393 e. The molecule has 0 amide bonds. The van der Waals surface area contributed by atoms with Crippen LogP contribution in [0.2, 0.25) is 0 Å². The summed E-state index contributed by atoms with van der Waals surface area (Å²) in [4.78, 5) is 0. The molecule has 0 aromatic carbocycles. The third-order valence-electron chi connectivity index (χ3n) is 2.22. The smallest absolute Gasteiger partial charge is 0.0602 e. The SMILES string of the molecule is C=C1CCC[C@H](O)[C@H]1C. The maximum Gasteiger partial charge on any atom is 0.0602 e. The summed E-state index contributed by atoms with van der Waals surface area (Å²) >= 11 is 0. The van der Waals surface area contributed by atoms with Gasteiger partial charge >= 0.3 is 0 Å². The van der Waals surface area contributed by atoms with Gasteiger partial charge in [0.05, 0.1) is 6.10 Å². The normalized spacial score (nSPS) is 36.9. The van der Waals surface area contributed by atoms with Crippen LogP contribution in [0.3, 0.4) is 0 Å². The van der Waals surface area contributed by atoms with E-state index in [2.05, 4.69) is 6.58 Å². The Morgan fingerprint density at radius 1 is 1.67 bits per heavy atom. The number of hydrogen-bond acceptors (Lipinski definition) is 1. The van der Waals surface area contributed by atoms with Gasteiger partial charge in [0.2, 0.25) is 0 Å². The summed E-state index contributed by atoms with van der Waals surface area (Å²) in [6.45, 7) is 5.93. The summed E-state index contributed by atoms with van der Waals surface area (Å²) in [5.74, 6) is 0.332. The highest BCUT2D eigenvalue weighted by molar-refractivity contribution is 5.04. The Hall–Kier alpha value is -0.300. The topological polar surface area (TPSA) is 20.2 Å². The molecule has 0 heterocycles. The molecule has 0 bridgehead atoms. The summed E-state index contributed by atoms with van der Waals surface area (Å²) in [5, 5.41) is 9.29. The van der Waals surface area contributed by atoms with Crippen LogP contribution in [0.1, 0.15) is 26.2 Å². The predicted molar refractivity (Wildman–Crippen MR) is 38.2 cm³/mol. The Balaban J connectivity index is 2.51. The third kappa shape index (κ3) is 1.33. The molecule has 0 aromatic rings. The third-order valence-corrected chi connectivity index (χ3v) is 2.22. The Labute approximate surface area is 56.4 Å². The van der Waals surface area contributed by atoms with Crippen molar-refractivity contribution in [1.82, 2.24) is 0 Å². The van der Waals surface area contributed by atoms with Gasteiger partial charge in [0.15, 0.2) is 0 Å². The molecular formula is C8H14O. The minimum atomic E-state index is -0.119. The lowest BCUT2D eigenvalue weighted by Gasteiger charge is -2.26. The van der Waals surface area contributed by atoms with Crippen LogP contribution in [0.4, 0.5) is 0 Å². The Morgan fingerprint density at radius 2 is 2.33 bits per heavy atom. The molecule has 1 nitrogen and oxygen atoms in total. The molecule has 0 radical (unpaired) electrons. The average Bonchev–Trinajstić information content (AvgIpc) is 1.83. The Morgan fingerprint density at radius 3 is 2.78 bits per heavy atom. The minimum absolute atomic E-state index is 0.119. The van der Waals surface area contributed by atoms with E-state index in [1.807, 2.05) is 6.92 Å². The van der Waals surface area contributed by atoms with Crippen LogP contribution in [0, 0.1) is 5.92 Å². The molecule has 1 aliphatic rings. The average molecular weight is 126 g/mol. The molecule has 9 heavy (non-hydrogen) atoms. The zero-order valence-corrected chi connectivity index (χ0v) is 5.93. The van der Waals surface area contributed by atoms with E-state index < -0.39 is 0 Å². The highest BCUT2D eigenvalue weighted by Crippen LogP contribution is 2.27. The lowest BCUT2D eigenvalue weighted by atomic mass is 9.84. The van der Waals surface area contributed by atoms with E-state index in [9.17, 15) is 5.11 Å². The molecule has 2 atom stereocenters. The van der Waals surface area contributed by atoms with Crippen molar-refractivity contribution in [3.8, 4) is 0 Å². The van der Waals surface area contributed by atoms with Crippen molar-refractivity contribution in [1.29, 1.82) is 0 Å². The van der Waals surface area contributed by atoms with Crippen molar-refractivity contribution in [2.75, 3.05) is 0 Å². The molecule has 0 aliphatic heterocycles. The molecule has 0 saturated heterocycles. The fraction of sp³-hybridized carbons (Fsp3) is 0.750. The lowest BCUT2D eigenvalue weighted by molar-refractivity contribution is 0.106. The van der Waals surface area contributed by atoms with E-state index in [4.69, 9.17) is 0 Å². The van der Waals surface area contributed by atoms with E-state index in [1.54, 1.807) is 0 Å². The van der Waals surface area contributed by atoms with E-state index in [0.717, 1.165) is 19.3 Å². The van der Waals surface area contributed by atoms with Crippen LogP contribution in [0.25, 0.3) is 0 Å². The molecule has 1 saturated carbocycles. The fourth-order valence-electron chi connectivity index (χ4n) is 1.29. The quantitative estimate of drug-likeness (QED) is 0.490. The number of rotatable bonds is 0. The molecule has 0 unspecified atom stereocenters. The summed E-state index contributed by atoms with van der Waals surface area (Å²) in [5.41, 5.74) is 1.22. The number of aliphatic hydroxyl groups is 1. The first-order chi connectivity index (χ1) is 4.22. The monoisotopic (exact) mass is 126 g/mol. The van der Waals surface area contributed by atoms with Gasteiger partial charge in [0, 0.05) is 5.92 Å². The van der Waals surface area contributed by atoms with Crippen LogP contribution in [0.5, 0.6) is 0 Å². The summed E-state index contributed by atoms with van der Waals surface area (Å²) in [7, 11) is 0. The van der Waals surface area contributed by atoms with Gasteiger partial charge < -0.3 is 5.11 Å². The van der Waals surface area contributed by atoms with Crippen molar-refractivity contribution >= 4 is 0 Å². The van der Waals surface area contributed by atoms with E-state index in [-0.39, 0.29) is 6.10 Å². The van der Waals surface area contributed by atoms with Gasteiger partial charge in [-0.1, -0.05) is 19.1 Å². The molecular weight excluding hydrogens is 112 g/mol. The van der Waals surface area contributed by atoms with Gasteiger partial charge in [-0.25, -0.2) is 0 Å². The van der Waals surface area contributed by atoms with Crippen LogP contribution in [-0.2, 0) is 0 Å². The maximum absolute atomic E-state index is 9.29. The molecule has 1 fully saturated rings. The second-order valence-electron chi connectivity index (χ2n) is 2.91. The Bertz CT molecular complexity index is 118. The van der Waals surface area contributed by atoms with Crippen LogP contribution >= 0.6 is 0 Å². The summed E-state index contributed by atoms with van der Waals surface area (Å²) < 4.78 is 0. The first-order valence-electron chi connectivity index (χ1n) is 3.57. The highest BCUT2D eigenvalue weighted by Gasteiger charge is 2.20. The van der Waals surface area contributed by atoms with E-state index in [1.165, 1.54) is 5.57 Å². The van der Waals surface area contributed by atoms with Gasteiger partial charge in [0.1, 0.15) is 0 Å². The number of hydrogen-bond donors (Lipinski definition) is 1. The second-order valence-corrected chi connectivity index (χ2v) is 2.91.